The quantitative estimate of drug-likeness (QED) is 0.454. The number of hydrogen-bond acceptors (Lipinski definition) is 7. The van der Waals surface area contributed by atoms with Gasteiger partial charge in [-0.15, -0.1) is 0 Å². The molecule has 4 N–H and O–H groups in total. The summed E-state index contributed by atoms with van der Waals surface area (Å²) < 4.78 is 30.1. The van der Waals surface area contributed by atoms with Gasteiger partial charge in [-0.2, -0.15) is 8.42 Å². The maximum atomic E-state index is 11.1. The molecule has 0 spiro atoms. The van der Waals surface area contributed by atoms with Gasteiger partial charge in [-0.25, -0.2) is 15.1 Å². The average Bonchev–Trinajstić information content (AvgIpc) is 3.44. The maximum Gasteiger partial charge on any atom is 0.333 e. The predicted molar refractivity (Wildman–Crippen MR) is 123 cm³/mol. The summed E-state index contributed by atoms with van der Waals surface area (Å²) in [5, 5.41) is 19.8. The van der Waals surface area contributed by atoms with Crippen LogP contribution in [0.2, 0.25) is 0 Å². The first-order valence-electron chi connectivity index (χ1n) is 10.5. The van der Waals surface area contributed by atoms with Gasteiger partial charge in [-0.3, -0.25) is 4.18 Å². The molecule has 2 aliphatic rings. The van der Waals surface area contributed by atoms with E-state index in [0.717, 1.165) is 34.2 Å². The van der Waals surface area contributed by atoms with Gasteiger partial charge < -0.3 is 15.0 Å². The average molecular weight is 522 g/mol. The lowest BCUT2D eigenvalue weighted by Crippen LogP contribution is -2.24. The van der Waals surface area contributed by atoms with E-state index in [-0.39, 0.29) is 24.6 Å². The number of rotatable bonds is 6. The molecule has 170 valence electrons. The summed E-state index contributed by atoms with van der Waals surface area (Å²) in [6, 6.07) is 8.41. The molecule has 11 heteroatoms. The number of aliphatic hydroxyl groups excluding tert-OH is 1. The summed E-state index contributed by atoms with van der Waals surface area (Å²) in [4.78, 5) is 8.99. The highest BCUT2D eigenvalue weighted by Gasteiger charge is 2.35. The Bertz CT molecular complexity index is 1260. The van der Waals surface area contributed by atoms with Crippen molar-refractivity contribution in [1.29, 1.82) is 0 Å². The lowest BCUT2D eigenvalue weighted by molar-refractivity contribution is 0.100. The van der Waals surface area contributed by atoms with E-state index < -0.39 is 16.4 Å². The standard InChI is InChI=1S/C21H24BrN5O4S/c22-17-3-1-2-15-14(17)4-5-18(15)26-20-16-6-7-27(21(16)25-11-24-20)13-8-12(19(28)9-13)10-31-32(23,29)30/h1-3,6-7,11-13,18-19,28H,4-5,8-10H2,(H2,23,29,30)(H,24,25,26)/t12-,13+,18-,19-/m0/s1. The molecular formula is C21H24BrN5O4S. The van der Waals surface area contributed by atoms with Crippen LogP contribution < -0.4 is 10.5 Å². The molecule has 0 bridgehead atoms. The van der Waals surface area contributed by atoms with E-state index in [4.69, 9.17) is 9.32 Å². The molecule has 1 saturated carbocycles. The number of aromatic nitrogens is 3. The van der Waals surface area contributed by atoms with Crippen molar-refractivity contribution in [3.8, 4) is 0 Å². The molecule has 0 saturated heterocycles. The second-order valence-electron chi connectivity index (χ2n) is 8.46. The molecule has 1 aromatic carbocycles. The van der Waals surface area contributed by atoms with Crippen LogP contribution >= 0.6 is 15.9 Å². The third kappa shape index (κ3) is 4.15. The predicted octanol–water partition coefficient (Wildman–Crippen LogP) is 2.83. The highest BCUT2D eigenvalue weighted by molar-refractivity contribution is 9.10. The second kappa shape index (κ2) is 8.38. The van der Waals surface area contributed by atoms with Crippen LogP contribution in [0.1, 0.15) is 42.5 Å². The summed E-state index contributed by atoms with van der Waals surface area (Å²) >= 11 is 3.65. The zero-order valence-corrected chi connectivity index (χ0v) is 19.6. The third-order valence-corrected chi connectivity index (χ3v) is 7.71. The molecule has 2 aliphatic carbocycles. The minimum atomic E-state index is -4.03. The Hall–Kier alpha value is -2.05. The van der Waals surface area contributed by atoms with Gasteiger partial charge in [0.05, 0.1) is 24.1 Å². The van der Waals surface area contributed by atoms with Crippen LogP contribution in [0.25, 0.3) is 11.0 Å². The highest BCUT2D eigenvalue weighted by Crippen LogP contribution is 2.40. The van der Waals surface area contributed by atoms with Gasteiger partial charge in [0.1, 0.15) is 17.8 Å². The summed E-state index contributed by atoms with van der Waals surface area (Å²) in [6.07, 6.45) is 5.87. The van der Waals surface area contributed by atoms with Gasteiger partial charge in [-0.05, 0) is 48.9 Å². The SMILES string of the molecule is NS(=O)(=O)OC[C@@H]1C[C@@H](n2ccc3c(N[C@H]4CCc5c(Br)cccc54)ncnc32)C[C@@H]1O. The minimum Gasteiger partial charge on any atom is -0.393 e. The van der Waals surface area contributed by atoms with Crippen LogP contribution in [0.15, 0.2) is 41.3 Å². The Morgan fingerprint density at radius 2 is 2.12 bits per heavy atom. The first-order chi connectivity index (χ1) is 15.3. The van der Waals surface area contributed by atoms with Crippen LogP contribution in [0.5, 0.6) is 0 Å². The number of benzene rings is 1. The molecule has 0 unspecified atom stereocenters. The van der Waals surface area contributed by atoms with E-state index >= 15 is 0 Å². The van der Waals surface area contributed by atoms with Gasteiger partial charge in [0, 0.05) is 22.6 Å². The molecule has 0 aliphatic heterocycles. The van der Waals surface area contributed by atoms with Crippen molar-refractivity contribution in [3.05, 3.63) is 52.4 Å². The number of aliphatic hydroxyl groups is 1. The van der Waals surface area contributed by atoms with Gasteiger partial charge in [0.15, 0.2) is 0 Å². The Kier molecular flexibility index (Phi) is 5.70. The number of hydrogen-bond donors (Lipinski definition) is 3. The fourth-order valence-electron chi connectivity index (χ4n) is 4.97. The number of anilines is 1. The fourth-order valence-corrected chi connectivity index (χ4v) is 5.91. The van der Waals surface area contributed by atoms with E-state index in [0.29, 0.717) is 12.8 Å². The van der Waals surface area contributed by atoms with Crippen molar-refractivity contribution < 1.29 is 17.7 Å². The molecule has 0 amide bonds. The van der Waals surface area contributed by atoms with Gasteiger partial charge in [0.2, 0.25) is 0 Å². The summed E-state index contributed by atoms with van der Waals surface area (Å²) in [7, 11) is -4.03. The monoisotopic (exact) mass is 521 g/mol. The molecule has 4 atom stereocenters. The lowest BCUT2D eigenvalue weighted by atomic mass is 10.1. The van der Waals surface area contributed by atoms with E-state index in [1.807, 2.05) is 16.8 Å². The molecule has 0 radical (unpaired) electrons. The summed E-state index contributed by atoms with van der Waals surface area (Å²) in [6.45, 7) is -0.131. The number of nitrogens with two attached hydrogens (primary N) is 1. The Labute approximate surface area is 194 Å². The lowest BCUT2D eigenvalue weighted by Gasteiger charge is -2.17. The molecule has 9 nitrogen and oxygen atoms in total. The first kappa shape index (κ1) is 21.8. The van der Waals surface area contributed by atoms with Crippen LogP contribution in [0.3, 0.4) is 0 Å². The number of halogens is 1. The molecule has 1 fully saturated rings. The normalized spacial score (nSPS) is 25.3. The molecule has 2 aromatic heterocycles. The summed E-state index contributed by atoms with van der Waals surface area (Å²) in [5.41, 5.74) is 3.39. The third-order valence-electron chi connectivity index (χ3n) is 6.51. The van der Waals surface area contributed by atoms with Crippen LogP contribution in [0, 0.1) is 5.92 Å². The van der Waals surface area contributed by atoms with Crippen molar-refractivity contribution in [2.45, 2.75) is 43.9 Å². The molecule has 32 heavy (non-hydrogen) atoms. The highest BCUT2D eigenvalue weighted by atomic mass is 79.9. The summed E-state index contributed by atoms with van der Waals surface area (Å²) in [5.74, 6) is 0.461. The van der Waals surface area contributed by atoms with Gasteiger partial charge in [-0.1, -0.05) is 28.1 Å². The fraction of sp³-hybridized carbons (Fsp3) is 0.429. The maximum absolute atomic E-state index is 11.1. The van der Waals surface area contributed by atoms with Crippen molar-refractivity contribution in [2.24, 2.45) is 11.1 Å². The van der Waals surface area contributed by atoms with Crippen LogP contribution in [0.4, 0.5) is 5.82 Å². The number of nitrogens with zero attached hydrogens (tertiary/aromatic N) is 3. The Morgan fingerprint density at radius 1 is 1.28 bits per heavy atom. The van der Waals surface area contributed by atoms with E-state index in [1.54, 1.807) is 6.33 Å². The smallest absolute Gasteiger partial charge is 0.333 e. The van der Waals surface area contributed by atoms with Crippen molar-refractivity contribution in [3.63, 3.8) is 0 Å². The van der Waals surface area contributed by atoms with Crippen molar-refractivity contribution in [2.75, 3.05) is 11.9 Å². The Balaban J connectivity index is 1.37. The minimum absolute atomic E-state index is 0.0255. The topological polar surface area (TPSA) is 132 Å². The van der Waals surface area contributed by atoms with Crippen molar-refractivity contribution >= 4 is 43.1 Å². The van der Waals surface area contributed by atoms with E-state index in [1.165, 1.54) is 11.1 Å². The van der Waals surface area contributed by atoms with E-state index in [9.17, 15) is 13.5 Å². The zero-order valence-electron chi connectivity index (χ0n) is 17.2. The first-order valence-corrected chi connectivity index (χ1v) is 12.8. The van der Waals surface area contributed by atoms with Gasteiger partial charge >= 0.3 is 10.3 Å². The van der Waals surface area contributed by atoms with E-state index in [2.05, 4.69) is 49.4 Å². The van der Waals surface area contributed by atoms with Crippen molar-refractivity contribution in [1.82, 2.24) is 14.5 Å². The Morgan fingerprint density at radius 3 is 2.94 bits per heavy atom. The molecule has 2 heterocycles. The van der Waals surface area contributed by atoms with Gasteiger partial charge in [0.25, 0.3) is 0 Å². The number of fused-ring (bicyclic) bond motifs is 2. The number of nitrogens with one attached hydrogen (secondary N) is 1. The largest absolute Gasteiger partial charge is 0.393 e. The zero-order chi connectivity index (χ0) is 22.5. The molecule has 3 aromatic rings. The van der Waals surface area contributed by atoms with Crippen LogP contribution in [-0.2, 0) is 20.9 Å². The molecular weight excluding hydrogens is 498 g/mol. The van der Waals surface area contributed by atoms with Crippen LogP contribution in [-0.4, -0.2) is 40.8 Å². The molecule has 5 rings (SSSR count). The second-order valence-corrected chi connectivity index (χ2v) is 10.5.